The van der Waals surface area contributed by atoms with E-state index >= 15 is 0 Å². The summed E-state index contributed by atoms with van der Waals surface area (Å²) in [6, 6.07) is 0. The Morgan fingerprint density at radius 1 is 1.00 bits per heavy atom. The molecule has 0 aromatic carbocycles. The molecule has 0 fully saturated rings. The summed E-state index contributed by atoms with van der Waals surface area (Å²) in [6.45, 7) is 0. The molecule has 0 aliphatic rings. The molecular formula is CH4Ge2OSi2. The smallest absolute Gasteiger partial charge is 0 e. The largest absolute Gasteiger partial charge is 0 e. The second kappa shape index (κ2) is 103. The molecule has 0 unspecified atom stereocenters. The summed E-state index contributed by atoms with van der Waals surface area (Å²) in [4.78, 5) is 0. The quantitative estimate of drug-likeness (QED) is 0.490. The average Bonchev–Trinajstić information content (AvgIpc) is 1.00. The monoisotopic (exact) mass is 236 g/mol. The van der Waals surface area contributed by atoms with E-state index in [1.807, 2.05) is 0 Å². The van der Waals surface area contributed by atoms with E-state index in [9.17, 15) is 0 Å². The molecule has 0 bridgehead atoms. The van der Waals surface area contributed by atoms with Crippen LogP contribution < -0.4 is 0 Å². The summed E-state index contributed by atoms with van der Waals surface area (Å²) >= 11 is 0.750. The van der Waals surface area contributed by atoms with Crippen molar-refractivity contribution < 1.29 is 3.78 Å². The van der Waals surface area contributed by atoms with E-state index < -0.39 is 0 Å². The van der Waals surface area contributed by atoms with Crippen LogP contribution in [0.5, 0.6) is 0 Å². The van der Waals surface area contributed by atoms with E-state index in [1.54, 1.807) is 0 Å². The molecule has 14 radical (unpaired) electrons. The van der Waals surface area contributed by atoms with Gasteiger partial charge in [0.1, 0.15) is 0 Å². The molecule has 1 nitrogen and oxygen atoms in total. The van der Waals surface area contributed by atoms with Crippen molar-refractivity contribution >= 4 is 56.0 Å². The van der Waals surface area contributed by atoms with Gasteiger partial charge in [0, 0.05) is 39.5 Å². The topological polar surface area (TPSA) is 17.1 Å². The van der Waals surface area contributed by atoms with E-state index in [1.165, 1.54) is 0 Å². The molecule has 0 saturated carbocycles. The first-order chi connectivity index (χ1) is 1.00. The van der Waals surface area contributed by atoms with Crippen LogP contribution in [0.25, 0.3) is 0 Å². The van der Waals surface area contributed by atoms with Crippen molar-refractivity contribution in [3.05, 3.63) is 0 Å². The maximum Gasteiger partial charge on any atom is 0 e. The van der Waals surface area contributed by atoms with Gasteiger partial charge in [-0.25, -0.2) is 0 Å². The Labute approximate surface area is 67.1 Å². The number of rotatable bonds is 0. The van der Waals surface area contributed by atoms with Crippen LogP contribution in [-0.4, -0.2) is 56.0 Å². The maximum absolute atomic E-state index is 8.25. The minimum absolute atomic E-state index is 0. The fourth-order valence-electron chi connectivity index (χ4n) is 0. The minimum atomic E-state index is 0. The zero-order valence-electron chi connectivity index (χ0n) is 2.41. The molecule has 0 N–H and O–H groups in total. The van der Waals surface area contributed by atoms with Gasteiger partial charge in [0.2, 0.25) is 0 Å². The Bertz CT molecular complexity index is 11.5. The molecule has 0 heterocycles. The van der Waals surface area contributed by atoms with Gasteiger partial charge in [-0.15, -0.1) is 0 Å². The molecule has 30 valence electrons. The predicted molar refractivity (Wildman–Crippen MR) is 30.4 cm³/mol. The fourth-order valence-corrected chi connectivity index (χ4v) is 0. The normalized spacial score (nSPS) is 0.667. The summed E-state index contributed by atoms with van der Waals surface area (Å²) in [7, 11) is 0. The van der Waals surface area contributed by atoms with Crippen LogP contribution in [0.1, 0.15) is 7.43 Å². The van der Waals surface area contributed by atoms with E-state index in [4.69, 9.17) is 3.78 Å². The third-order valence-corrected chi connectivity index (χ3v) is 0. The first-order valence-electron chi connectivity index (χ1n) is 0.204. The van der Waals surface area contributed by atoms with Crippen molar-refractivity contribution in [1.82, 2.24) is 0 Å². The Morgan fingerprint density at radius 2 is 1.00 bits per heavy atom. The third-order valence-electron chi connectivity index (χ3n) is 0. The first kappa shape index (κ1) is 54.3. The summed E-state index contributed by atoms with van der Waals surface area (Å²) < 4.78 is 8.25. The van der Waals surface area contributed by atoms with Gasteiger partial charge in [-0.3, -0.25) is 0 Å². The van der Waals surface area contributed by atoms with Crippen LogP contribution in [0, 0.1) is 0 Å². The van der Waals surface area contributed by atoms with Gasteiger partial charge in [0.05, 0.1) is 0 Å². The fraction of sp³-hybridized carbons (Fsp3) is 1.00. The van der Waals surface area contributed by atoms with E-state index in [0.717, 1.165) is 16.5 Å². The molecule has 6 heavy (non-hydrogen) atoms. The van der Waals surface area contributed by atoms with Crippen LogP contribution >= 0.6 is 0 Å². The van der Waals surface area contributed by atoms with Gasteiger partial charge in [0.15, 0.2) is 0 Å². The van der Waals surface area contributed by atoms with Gasteiger partial charge >= 0.3 is 20.2 Å². The molecule has 5 heteroatoms. The van der Waals surface area contributed by atoms with Crippen LogP contribution in [0.3, 0.4) is 0 Å². The van der Waals surface area contributed by atoms with Crippen molar-refractivity contribution in [2.45, 2.75) is 7.43 Å². The minimum Gasteiger partial charge on any atom is 0 e. The predicted octanol–water partition coefficient (Wildman–Crippen LogP) is -1.01. The van der Waals surface area contributed by atoms with Gasteiger partial charge < -0.3 is 0 Å². The molecular weight excluding hydrogens is 229 g/mol. The maximum atomic E-state index is 8.25. The van der Waals surface area contributed by atoms with Crippen molar-refractivity contribution in [3.63, 3.8) is 0 Å². The SMILES string of the molecule is C.[Ge].[O]=[Ge].[Si].[Si]. The van der Waals surface area contributed by atoms with Gasteiger partial charge in [-0.2, -0.15) is 0 Å². The molecule has 0 spiro atoms. The van der Waals surface area contributed by atoms with E-state index in [0.29, 0.717) is 0 Å². The molecule has 0 amide bonds. The summed E-state index contributed by atoms with van der Waals surface area (Å²) in [5, 5.41) is 0. The molecule has 0 aliphatic carbocycles. The van der Waals surface area contributed by atoms with Crippen LogP contribution in [0.4, 0.5) is 0 Å². The van der Waals surface area contributed by atoms with Gasteiger partial charge in [-0.1, -0.05) is 7.43 Å². The molecule has 0 aliphatic heterocycles. The molecule has 0 aromatic rings. The second-order valence-electron chi connectivity index (χ2n) is 0. The second-order valence-corrected chi connectivity index (χ2v) is 0. The standard InChI is InChI=1S/CH4.GeO.Ge.2Si/c;1-2;;;/h1H4;;;;. The van der Waals surface area contributed by atoms with E-state index in [2.05, 4.69) is 0 Å². The summed E-state index contributed by atoms with van der Waals surface area (Å²) in [5.74, 6) is 0. The molecule has 0 saturated heterocycles. The molecule has 0 rings (SSSR count). The van der Waals surface area contributed by atoms with Crippen molar-refractivity contribution in [2.75, 3.05) is 0 Å². The first-order valence-corrected chi connectivity index (χ1v) is 1.06. The molecule has 0 atom stereocenters. The molecule has 0 aromatic heterocycles. The van der Waals surface area contributed by atoms with Crippen molar-refractivity contribution in [1.29, 1.82) is 0 Å². The Morgan fingerprint density at radius 3 is 1.00 bits per heavy atom. The zero-order valence-corrected chi connectivity index (χ0v) is 8.60. The Hall–Kier alpha value is 1.32. The summed E-state index contributed by atoms with van der Waals surface area (Å²) in [5.41, 5.74) is 0. The zero-order chi connectivity index (χ0) is 2.00. The summed E-state index contributed by atoms with van der Waals surface area (Å²) in [6.07, 6.45) is 0. The Balaban J connectivity index is -0.000000000833. The average molecular weight is 233 g/mol. The number of hydrogen-bond donors (Lipinski definition) is 0. The Kier molecular flexibility index (Phi) is 930. The van der Waals surface area contributed by atoms with Gasteiger partial charge in [-0.05, 0) is 0 Å². The third kappa shape index (κ3) is 57.0. The number of hydrogen-bond acceptors (Lipinski definition) is 1. The van der Waals surface area contributed by atoms with Crippen molar-refractivity contribution in [2.24, 2.45) is 0 Å². The van der Waals surface area contributed by atoms with Crippen LogP contribution in [0.2, 0.25) is 0 Å². The van der Waals surface area contributed by atoms with E-state index in [-0.39, 0.29) is 47.0 Å². The van der Waals surface area contributed by atoms with Crippen LogP contribution in [-0.2, 0) is 3.78 Å². The van der Waals surface area contributed by atoms with Crippen molar-refractivity contribution in [3.8, 4) is 0 Å². The van der Waals surface area contributed by atoms with Gasteiger partial charge in [0.25, 0.3) is 0 Å². The van der Waals surface area contributed by atoms with Crippen LogP contribution in [0.15, 0.2) is 0 Å².